The molecule has 0 aromatic heterocycles. The summed E-state index contributed by atoms with van der Waals surface area (Å²) in [7, 11) is 0. The highest BCUT2D eigenvalue weighted by Gasteiger charge is 2.41. The van der Waals surface area contributed by atoms with Gasteiger partial charge in [-0.2, -0.15) is 13.2 Å². The van der Waals surface area contributed by atoms with Gasteiger partial charge in [-0.15, -0.1) is 0 Å². The zero-order valence-corrected chi connectivity index (χ0v) is 8.03. The molecule has 2 nitrogen and oxygen atoms in total. The Labute approximate surface area is 88.0 Å². The molecule has 1 atom stereocenters. The van der Waals surface area contributed by atoms with Crippen LogP contribution in [0.4, 0.5) is 17.6 Å². The molecular weight excluding hydrogens is 236 g/mol. The van der Waals surface area contributed by atoms with Crippen molar-refractivity contribution in [1.29, 1.82) is 0 Å². The second kappa shape index (κ2) is 4.34. The highest BCUT2D eigenvalue weighted by Crippen LogP contribution is 2.33. The average Bonchev–Trinajstić information content (AvgIpc) is 2.07. The molecule has 7 heteroatoms. The molecule has 0 saturated heterocycles. The second-order valence-corrected chi connectivity index (χ2v) is 3.24. The van der Waals surface area contributed by atoms with E-state index in [9.17, 15) is 17.6 Å². The fourth-order valence-corrected chi connectivity index (χ4v) is 1.25. The van der Waals surface area contributed by atoms with Crippen molar-refractivity contribution in [2.24, 2.45) is 5.84 Å². The quantitative estimate of drug-likeness (QED) is 0.475. The topological polar surface area (TPSA) is 38.0 Å². The molecule has 3 N–H and O–H groups in total. The first-order valence-corrected chi connectivity index (χ1v) is 4.22. The average molecular weight is 243 g/mol. The van der Waals surface area contributed by atoms with Gasteiger partial charge < -0.3 is 0 Å². The Morgan fingerprint density at radius 3 is 2.33 bits per heavy atom. The van der Waals surface area contributed by atoms with Crippen LogP contribution in [0.2, 0.25) is 5.02 Å². The molecule has 0 spiro atoms. The van der Waals surface area contributed by atoms with Gasteiger partial charge in [-0.1, -0.05) is 17.7 Å². The van der Waals surface area contributed by atoms with Gasteiger partial charge in [-0.25, -0.2) is 9.82 Å². The van der Waals surface area contributed by atoms with Crippen molar-refractivity contribution >= 4 is 11.6 Å². The van der Waals surface area contributed by atoms with Gasteiger partial charge in [-0.05, 0) is 12.1 Å². The first-order valence-electron chi connectivity index (χ1n) is 3.84. The van der Waals surface area contributed by atoms with Gasteiger partial charge >= 0.3 is 6.18 Å². The van der Waals surface area contributed by atoms with E-state index >= 15 is 0 Å². The number of hydrogen-bond donors (Lipinski definition) is 2. The van der Waals surface area contributed by atoms with Crippen molar-refractivity contribution in [3.63, 3.8) is 0 Å². The summed E-state index contributed by atoms with van der Waals surface area (Å²) in [5.74, 6) is 3.68. The summed E-state index contributed by atoms with van der Waals surface area (Å²) in [5.41, 5.74) is 0.922. The molecule has 0 heterocycles. The van der Waals surface area contributed by atoms with Crippen molar-refractivity contribution in [2.45, 2.75) is 12.2 Å². The summed E-state index contributed by atoms with van der Waals surface area (Å²) in [5, 5.41) is 0.0224. The molecule has 0 aliphatic carbocycles. The molecule has 0 aliphatic rings. The fraction of sp³-hybridized carbons (Fsp3) is 0.250. The number of alkyl halides is 3. The van der Waals surface area contributed by atoms with Gasteiger partial charge in [0.15, 0.2) is 0 Å². The Kier molecular flexibility index (Phi) is 3.54. The number of hydrogen-bond acceptors (Lipinski definition) is 2. The SMILES string of the molecule is NNC(c1ccc(Cl)cc1F)C(F)(F)F. The van der Waals surface area contributed by atoms with E-state index < -0.39 is 23.6 Å². The van der Waals surface area contributed by atoms with Crippen LogP contribution in [0.15, 0.2) is 18.2 Å². The molecule has 0 aliphatic heterocycles. The van der Waals surface area contributed by atoms with Gasteiger partial charge in [0.25, 0.3) is 0 Å². The van der Waals surface area contributed by atoms with Gasteiger partial charge in [0, 0.05) is 10.6 Å². The predicted octanol–water partition coefficient (Wildman–Crippen LogP) is 2.55. The summed E-state index contributed by atoms with van der Waals surface area (Å²) in [6.45, 7) is 0. The lowest BCUT2D eigenvalue weighted by atomic mass is 10.1. The van der Waals surface area contributed by atoms with Crippen molar-refractivity contribution in [3.8, 4) is 0 Å². The van der Waals surface area contributed by atoms with Gasteiger partial charge in [0.1, 0.15) is 11.9 Å². The monoisotopic (exact) mass is 242 g/mol. The van der Waals surface area contributed by atoms with Crippen LogP contribution in [0.1, 0.15) is 11.6 Å². The molecule has 0 amide bonds. The third kappa shape index (κ3) is 2.80. The Morgan fingerprint density at radius 1 is 1.33 bits per heavy atom. The maximum atomic E-state index is 13.1. The lowest BCUT2D eigenvalue weighted by Crippen LogP contribution is -2.38. The van der Waals surface area contributed by atoms with Gasteiger partial charge in [-0.3, -0.25) is 5.84 Å². The minimum absolute atomic E-state index is 0.0224. The largest absolute Gasteiger partial charge is 0.409 e. The van der Waals surface area contributed by atoms with E-state index in [-0.39, 0.29) is 5.02 Å². The van der Waals surface area contributed by atoms with E-state index in [4.69, 9.17) is 17.4 Å². The molecule has 1 unspecified atom stereocenters. The van der Waals surface area contributed by atoms with E-state index in [1.165, 1.54) is 5.43 Å². The van der Waals surface area contributed by atoms with Crippen molar-refractivity contribution < 1.29 is 17.6 Å². The predicted molar refractivity (Wildman–Crippen MR) is 47.5 cm³/mol. The molecular formula is C8H7ClF4N2. The van der Waals surface area contributed by atoms with Crippen molar-refractivity contribution in [2.75, 3.05) is 0 Å². The van der Waals surface area contributed by atoms with E-state index in [0.717, 1.165) is 18.2 Å². The number of halogens is 5. The van der Waals surface area contributed by atoms with E-state index in [0.29, 0.717) is 0 Å². The summed E-state index contributed by atoms with van der Waals surface area (Å²) >= 11 is 5.41. The van der Waals surface area contributed by atoms with Crippen LogP contribution in [0.25, 0.3) is 0 Å². The molecule has 0 fully saturated rings. The minimum atomic E-state index is -4.66. The number of benzene rings is 1. The summed E-state index contributed by atoms with van der Waals surface area (Å²) in [6.07, 6.45) is -4.66. The normalized spacial score (nSPS) is 14.0. The van der Waals surface area contributed by atoms with Crippen LogP contribution >= 0.6 is 11.6 Å². The molecule has 1 aromatic rings. The molecule has 1 rings (SSSR count). The van der Waals surface area contributed by atoms with Crippen LogP contribution in [0.3, 0.4) is 0 Å². The van der Waals surface area contributed by atoms with Crippen LogP contribution < -0.4 is 11.3 Å². The first-order chi connectivity index (χ1) is 6.86. The first kappa shape index (κ1) is 12.2. The zero-order valence-electron chi connectivity index (χ0n) is 7.28. The third-order valence-electron chi connectivity index (χ3n) is 1.77. The maximum Gasteiger partial charge on any atom is 0.409 e. The standard InChI is InChI=1S/C8H7ClF4N2/c9-4-1-2-5(6(10)3-4)7(15-14)8(11,12)13/h1-3,7,15H,14H2. The number of nitrogens with two attached hydrogens (primary N) is 1. The van der Waals surface area contributed by atoms with Crippen molar-refractivity contribution in [1.82, 2.24) is 5.43 Å². The minimum Gasteiger partial charge on any atom is -0.271 e. The summed E-state index contributed by atoms with van der Waals surface area (Å²) < 4.78 is 50.2. The van der Waals surface area contributed by atoms with E-state index in [2.05, 4.69) is 0 Å². The van der Waals surface area contributed by atoms with Crippen LogP contribution in [-0.4, -0.2) is 6.18 Å². The molecule has 15 heavy (non-hydrogen) atoms. The Hall–Kier alpha value is -0.850. The van der Waals surface area contributed by atoms with Crippen LogP contribution in [-0.2, 0) is 0 Å². The molecule has 0 bridgehead atoms. The zero-order chi connectivity index (χ0) is 11.6. The van der Waals surface area contributed by atoms with Crippen molar-refractivity contribution in [3.05, 3.63) is 34.6 Å². The lowest BCUT2D eigenvalue weighted by molar-refractivity contribution is -0.158. The second-order valence-electron chi connectivity index (χ2n) is 2.81. The molecule has 0 saturated carbocycles. The Bertz CT molecular complexity index is 353. The number of hydrazine groups is 1. The van der Waals surface area contributed by atoms with Crippen LogP contribution in [0.5, 0.6) is 0 Å². The lowest BCUT2D eigenvalue weighted by Gasteiger charge is -2.20. The van der Waals surface area contributed by atoms with Gasteiger partial charge in [0.2, 0.25) is 0 Å². The van der Waals surface area contributed by atoms with Crippen LogP contribution in [0, 0.1) is 5.82 Å². The maximum absolute atomic E-state index is 13.1. The Balaban J connectivity index is 3.13. The summed E-state index contributed by atoms with van der Waals surface area (Å²) in [6, 6.07) is 0.661. The smallest absolute Gasteiger partial charge is 0.271 e. The van der Waals surface area contributed by atoms with Gasteiger partial charge in [0.05, 0.1) is 0 Å². The molecule has 84 valence electrons. The van der Waals surface area contributed by atoms with E-state index in [1.54, 1.807) is 0 Å². The van der Waals surface area contributed by atoms with E-state index in [1.807, 2.05) is 0 Å². The highest BCUT2D eigenvalue weighted by molar-refractivity contribution is 6.30. The molecule has 1 aromatic carbocycles. The number of rotatable bonds is 2. The molecule has 0 radical (unpaired) electrons. The number of nitrogens with one attached hydrogen (secondary N) is 1. The third-order valence-corrected chi connectivity index (χ3v) is 2.00. The summed E-state index contributed by atoms with van der Waals surface area (Å²) in [4.78, 5) is 0. The fourth-order valence-electron chi connectivity index (χ4n) is 1.10. The Morgan fingerprint density at radius 2 is 1.93 bits per heavy atom. The highest BCUT2D eigenvalue weighted by atomic mass is 35.5.